The Labute approximate surface area is 369 Å². The third-order valence-electron chi connectivity index (χ3n) is 12.9. The number of fused-ring (bicyclic) bond motifs is 9. The molecular formula is C59H39N5. The molecule has 9 aromatic carbocycles. The van der Waals surface area contributed by atoms with E-state index in [9.17, 15) is 0 Å². The first-order valence-corrected chi connectivity index (χ1v) is 21.8. The Kier molecular flexibility index (Phi) is 8.15. The first-order valence-electron chi connectivity index (χ1n) is 21.8. The van der Waals surface area contributed by atoms with Gasteiger partial charge in [0.2, 0.25) is 0 Å². The molecule has 5 nitrogen and oxygen atoms in total. The average Bonchev–Trinajstić information content (AvgIpc) is 4.00. The third-order valence-corrected chi connectivity index (χ3v) is 12.9. The number of anilines is 3. The van der Waals surface area contributed by atoms with Crippen LogP contribution < -0.4 is 4.90 Å². The standard InChI is InChI=1S/C59H39N5/c1-3-17-44(18-4-1)61(45-19-5-2-6-20-45)48-31-33-56-52(37-48)59-58(63(56)46-28-25-41(26-29-46)43-16-13-35-60-39-43)53-38-49(62-54-23-11-9-21-50(54)51-22-10-12-24-55(51)62)32-34-57(53)64(59)47-30-27-40-14-7-8-15-42(40)36-47/h1-39H. The summed E-state index contributed by atoms with van der Waals surface area (Å²) in [4.78, 5) is 6.78. The maximum absolute atomic E-state index is 4.42. The summed E-state index contributed by atoms with van der Waals surface area (Å²) in [6, 6.07) is 81.4. The Balaban J connectivity index is 1.16. The van der Waals surface area contributed by atoms with Gasteiger partial charge in [0.1, 0.15) is 0 Å². The van der Waals surface area contributed by atoms with Crippen LogP contribution in [-0.4, -0.2) is 18.7 Å². The normalized spacial score (nSPS) is 11.8. The number of nitrogens with zero attached hydrogens (tertiary/aromatic N) is 5. The van der Waals surface area contributed by atoms with E-state index in [1.807, 2.05) is 18.5 Å². The van der Waals surface area contributed by atoms with Crippen molar-refractivity contribution in [1.82, 2.24) is 18.7 Å². The van der Waals surface area contributed by atoms with Crippen molar-refractivity contribution in [3.63, 3.8) is 0 Å². The van der Waals surface area contributed by atoms with E-state index in [1.54, 1.807) is 0 Å². The van der Waals surface area contributed by atoms with Crippen molar-refractivity contribution in [1.29, 1.82) is 0 Å². The number of pyridine rings is 1. The number of para-hydroxylation sites is 4. The number of hydrogen-bond acceptors (Lipinski definition) is 2. The van der Waals surface area contributed by atoms with Gasteiger partial charge in [-0.2, -0.15) is 0 Å². The molecule has 0 fully saturated rings. The number of aromatic nitrogens is 4. The molecule has 4 heterocycles. The summed E-state index contributed by atoms with van der Waals surface area (Å²) in [5, 5.41) is 7.23. The van der Waals surface area contributed by atoms with E-state index >= 15 is 0 Å². The molecule has 0 N–H and O–H groups in total. The lowest BCUT2D eigenvalue weighted by Gasteiger charge is -2.25. The van der Waals surface area contributed by atoms with E-state index in [2.05, 4.69) is 242 Å². The number of rotatable bonds is 7. The maximum atomic E-state index is 4.42. The van der Waals surface area contributed by atoms with Crippen molar-refractivity contribution in [2.45, 2.75) is 0 Å². The molecule has 13 aromatic rings. The summed E-state index contributed by atoms with van der Waals surface area (Å²) in [5.74, 6) is 0. The molecule has 13 rings (SSSR count). The van der Waals surface area contributed by atoms with Crippen molar-refractivity contribution in [3.05, 3.63) is 237 Å². The van der Waals surface area contributed by atoms with E-state index in [0.29, 0.717) is 0 Å². The zero-order valence-electron chi connectivity index (χ0n) is 34.8. The molecule has 0 aliphatic carbocycles. The zero-order chi connectivity index (χ0) is 42.1. The largest absolute Gasteiger partial charge is 0.310 e. The molecule has 0 spiro atoms. The summed E-state index contributed by atoms with van der Waals surface area (Å²) in [5.41, 5.74) is 15.8. The van der Waals surface area contributed by atoms with Gasteiger partial charge in [0.15, 0.2) is 0 Å². The Morgan fingerprint density at radius 1 is 0.312 bits per heavy atom. The fourth-order valence-electron chi connectivity index (χ4n) is 10.0. The number of hydrogen-bond donors (Lipinski definition) is 0. The quantitative estimate of drug-likeness (QED) is 0.160. The van der Waals surface area contributed by atoms with E-state index in [1.165, 1.54) is 38.0 Å². The molecule has 0 amide bonds. The topological polar surface area (TPSA) is 30.9 Å². The highest BCUT2D eigenvalue weighted by Gasteiger charge is 2.25. The van der Waals surface area contributed by atoms with Gasteiger partial charge >= 0.3 is 0 Å². The molecule has 0 saturated heterocycles. The van der Waals surface area contributed by atoms with Crippen molar-refractivity contribution in [2.24, 2.45) is 0 Å². The predicted octanol–water partition coefficient (Wildman–Crippen LogP) is 15.5. The highest BCUT2D eigenvalue weighted by Crippen LogP contribution is 2.45. The maximum Gasteiger partial charge on any atom is 0.0804 e. The second kappa shape index (κ2) is 14.5. The van der Waals surface area contributed by atoms with Gasteiger partial charge in [-0.15, -0.1) is 0 Å². The van der Waals surface area contributed by atoms with Gasteiger partial charge in [-0.1, -0.05) is 121 Å². The van der Waals surface area contributed by atoms with Crippen LogP contribution >= 0.6 is 0 Å². The van der Waals surface area contributed by atoms with Crippen molar-refractivity contribution >= 4 is 82.5 Å². The molecule has 4 aromatic heterocycles. The summed E-state index contributed by atoms with van der Waals surface area (Å²) >= 11 is 0. The van der Waals surface area contributed by atoms with Gasteiger partial charge in [0.25, 0.3) is 0 Å². The van der Waals surface area contributed by atoms with Gasteiger partial charge in [0.05, 0.1) is 33.1 Å². The smallest absolute Gasteiger partial charge is 0.0804 e. The Morgan fingerprint density at radius 3 is 1.52 bits per heavy atom. The fraction of sp³-hybridized carbons (Fsp3) is 0. The van der Waals surface area contributed by atoms with Crippen LogP contribution in [-0.2, 0) is 0 Å². The molecule has 64 heavy (non-hydrogen) atoms. The average molecular weight is 818 g/mol. The summed E-state index contributed by atoms with van der Waals surface area (Å²) < 4.78 is 7.40. The van der Waals surface area contributed by atoms with Crippen molar-refractivity contribution < 1.29 is 0 Å². The van der Waals surface area contributed by atoms with Crippen LogP contribution in [0, 0.1) is 0 Å². The fourth-order valence-corrected chi connectivity index (χ4v) is 10.0. The van der Waals surface area contributed by atoms with Crippen molar-refractivity contribution in [3.8, 4) is 28.2 Å². The highest BCUT2D eigenvalue weighted by atomic mass is 15.1. The SMILES string of the molecule is c1ccc(N(c2ccccc2)c2ccc3c(c2)c2c(c4cc(-n5c6ccccc6c6ccccc65)ccc4n2-c2ccc4ccccc4c2)n3-c2ccc(-c3cccnc3)cc2)cc1. The molecule has 0 atom stereocenters. The Morgan fingerprint density at radius 2 is 0.844 bits per heavy atom. The molecule has 0 aliphatic rings. The van der Waals surface area contributed by atoms with Crippen LogP contribution in [0.1, 0.15) is 0 Å². The summed E-state index contributed by atoms with van der Waals surface area (Å²) in [6.07, 6.45) is 3.75. The zero-order valence-corrected chi connectivity index (χ0v) is 34.8. The Hall–Kier alpha value is -8.67. The van der Waals surface area contributed by atoms with E-state index in [-0.39, 0.29) is 0 Å². The minimum Gasteiger partial charge on any atom is -0.310 e. The minimum absolute atomic E-state index is 1.08. The number of benzene rings is 9. The van der Waals surface area contributed by atoms with Crippen LogP contribution in [0.4, 0.5) is 17.1 Å². The van der Waals surface area contributed by atoms with Crippen LogP contribution in [0.2, 0.25) is 0 Å². The molecule has 0 unspecified atom stereocenters. The van der Waals surface area contributed by atoms with Crippen LogP contribution in [0.15, 0.2) is 237 Å². The lowest BCUT2D eigenvalue weighted by atomic mass is 10.1. The minimum atomic E-state index is 1.08. The second-order valence-electron chi connectivity index (χ2n) is 16.5. The van der Waals surface area contributed by atoms with Gasteiger partial charge in [-0.3, -0.25) is 4.98 Å². The summed E-state index contributed by atoms with van der Waals surface area (Å²) in [6.45, 7) is 0. The molecule has 0 radical (unpaired) electrons. The van der Waals surface area contributed by atoms with Crippen LogP contribution in [0.5, 0.6) is 0 Å². The van der Waals surface area contributed by atoms with Crippen LogP contribution in [0.3, 0.4) is 0 Å². The highest BCUT2D eigenvalue weighted by molar-refractivity contribution is 6.21. The second-order valence-corrected chi connectivity index (χ2v) is 16.5. The summed E-state index contributed by atoms with van der Waals surface area (Å²) in [7, 11) is 0. The molecule has 0 saturated carbocycles. The van der Waals surface area contributed by atoms with Crippen LogP contribution in [0.25, 0.3) is 93.6 Å². The van der Waals surface area contributed by atoms with E-state index < -0.39 is 0 Å². The van der Waals surface area contributed by atoms with Gasteiger partial charge in [-0.25, -0.2) is 0 Å². The third kappa shape index (κ3) is 5.61. The van der Waals surface area contributed by atoms with Crippen molar-refractivity contribution in [2.75, 3.05) is 4.90 Å². The van der Waals surface area contributed by atoms with Gasteiger partial charge in [0, 0.05) is 68.1 Å². The first-order chi connectivity index (χ1) is 31.8. The molecular weight excluding hydrogens is 779 g/mol. The van der Waals surface area contributed by atoms with Gasteiger partial charge < -0.3 is 18.6 Å². The van der Waals surface area contributed by atoms with E-state index in [4.69, 9.17) is 0 Å². The Bertz CT molecular complexity index is 3790. The van der Waals surface area contributed by atoms with E-state index in [0.717, 1.165) is 72.7 Å². The molecule has 300 valence electrons. The monoisotopic (exact) mass is 817 g/mol. The lowest BCUT2D eigenvalue weighted by molar-refractivity contribution is 1.17. The van der Waals surface area contributed by atoms with Gasteiger partial charge in [-0.05, 0) is 125 Å². The molecule has 0 bridgehead atoms. The molecule has 5 heteroatoms. The first kappa shape index (κ1) is 36.0. The molecule has 0 aliphatic heterocycles. The lowest BCUT2D eigenvalue weighted by Crippen LogP contribution is -2.09. The predicted molar refractivity (Wildman–Crippen MR) is 267 cm³/mol.